The third-order valence-electron chi connectivity index (χ3n) is 4.22. The van der Waals surface area contributed by atoms with E-state index in [0.29, 0.717) is 6.54 Å². The van der Waals surface area contributed by atoms with Gasteiger partial charge in [0.15, 0.2) is 0 Å². The van der Waals surface area contributed by atoms with Crippen molar-refractivity contribution in [2.75, 3.05) is 13.2 Å². The maximum absolute atomic E-state index is 12.5. The van der Waals surface area contributed by atoms with Crippen LogP contribution in [-0.2, 0) is 9.47 Å². The summed E-state index contributed by atoms with van der Waals surface area (Å²) in [6.45, 7) is 11.1. The third kappa shape index (κ3) is 4.12. The number of carbonyl (C=O) groups excluding carboxylic acids is 2. The number of hydrogen-bond acceptors (Lipinski definition) is 5. The summed E-state index contributed by atoms with van der Waals surface area (Å²) in [4.78, 5) is 28.3. The SMILES string of the molecule is CC(C)(C)OC(=O)N1C[C@H]2CC[C@@H]([C@H]1CO)N2C(=O)OC(C)(C)C. The Morgan fingerprint density at radius 3 is 2.04 bits per heavy atom. The lowest BCUT2D eigenvalue weighted by Crippen LogP contribution is -2.64. The molecule has 2 bridgehead atoms. The first-order chi connectivity index (χ1) is 10.9. The summed E-state index contributed by atoms with van der Waals surface area (Å²) in [6.07, 6.45) is 0.716. The lowest BCUT2D eigenvalue weighted by molar-refractivity contribution is -0.0448. The van der Waals surface area contributed by atoms with Crippen molar-refractivity contribution in [3.05, 3.63) is 0 Å². The van der Waals surface area contributed by atoms with Crippen LogP contribution in [0.1, 0.15) is 54.4 Å². The number of hydrogen-bond donors (Lipinski definition) is 1. The van der Waals surface area contributed by atoms with Gasteiger partial charge in [-0.05, 0) is 54.4 Å². The van der Waals surface area contributed by atoms with E-state index in [0.717, 1.165) is 12.8 Å². The zero-order valence-corrected chi connectivity index (χ0v) is 15.5. The number of carbonyl (C=O) groups is 2. The second kappa shape index (κ2) is 6.43. The molecule has 0 aromatic rings. The summed E-state index contributed by atoms with van der Waals surface area (Å²) in [5.41, 5.74) is -1.17. The molecule has 7 heteroatoms. The lowest BCUT2D eigenvalue weighted by atomic mass is 10.0. The molecule has 3 atom stereocenters. The number of nitrogens with zero attached hydrogens (tertiary/aromatic N) is 2. The third-order valence-corrected chi connectivity index (χ3v) is 4.22. The number of piperazine rings is 1. The maximum atomic E-state index is 12.5. The van der Waals surface area contributed by atoms with E-state index in [1.165, 1.54) is 0 Å². The van der Waals surface area contributed by atoms with Gasteiger partial charge in [-0.1, -0.05) is 0 Å². The molecule has 24 heavy (non-hydrogen) atoms. The number of aliphatic hydroxyl groups is 1. The Morgan fingerprint density at radius 2 is 1.54 bits per heavy atom. The van der Waals surface area contributed by atoms with Gasteiger partial charge >= 0.3 is 12.2 Å². The maximum Gasteiger partial charge on any atom is 0.410 e. The summed E-state index contributed by atoms with van der Waals surface area (Å²) < 4.78 is 10.9. The molecular formula is C17H30N2O5. The van der Waals surface area contributed by atoms with Gasteiger partial charge < -0.3 is 14.6 Å². The molecule has 2 rings (SSSR count). The Bertz CT molecular complexity index is 494. The van der Waals surface area contributed by atoms with Gasteiger partial charge in [0.2, 0.25) is 0 Å². The van der Waals surface area contributed by atoms with Crippen LogP contribution in [0.15, 0.2) is 0 Å². The van der Waals surface area contributed by atoms with E-state index < -0.39 is 23.3 Å². The predicted molar refractivity (Wildman–Crippen MR) is 88.7 cm³/mol. The largest absolute Gasteiger partial charge is 0.444 e. The van der Waals surface area contributed by atoms with Gasteiger partial charge in [-0.25, -0.2) is 9.59 Å². The smallest absolute Gasteiger partial charge is 0.410 e. The van der Waals surface area contributed by atoms with Crippen LogP contribution < -0.4 is 0 Å². The molecule has 2 aliphatic heterocycles. The van der Waals surface area contributed by atoms with Gasteiger partial charge in [0.25, 0.3) is 0 Å². The molecule has 0 aliphatic carbocycles. The molecule has 7 nitrogen and oxygen atoms in total. The minimum absolute atomic E-state index is 0.0971. The summed E-state index contributed by atoms with van der Waals surface area (Å²) in [5.74, 6) is 0. The van der Waals surface area contributed by atoms with Gasteiger partial charge in [-0.15, -0.1) is 0 Å². The molecule has 2 heterocycles. The van der Waals surface area contributed by atoms with Gasteiger partial charge in [-0.2, -0.15) is 0 Å². The monoisotopic (exact) mass is 342 g/mol. The van der Waals surface area contributed by atoms with Crippen molar-refractivity contribution in [2.24, 2.45) is 0 Å². The van der Waals surface area contributed by atoms with Gasteiger partial charge in [0, 0.05) is 6.54 Å². The van der Waals surface area contributed by atoms with Crippen LogP contribution in [-0.4, -0.2) is 69.6 Å². The number of aliphatic hydroxyl groups excluding tert-OH is 1. The Kier molecular flexibility index (Phi) is 5.04. The van der Waals surface area contributed by atoms with Gasteiger partial charge in [0.1, 0.15) is 11.2 Å². The van der Waals surface area contributed by atoms with Crippen molar-refractivity contribution in [2.45, 2.75) is 83.7 Å². The van der Waals surface area contributed by atoms with Crippen LogP contribution in [0, 0.1) is 0 Å². The first-order valence-electron chi connectivity index (χ1n) is 8.55. The summed E-state index contributed by atoms with van der Waals surface area (Å²) in [6, 6.07) is -0.803. The fraction of sp³-hybridized carbons (Fsp3) is 0.882. The molecule has 0 unspecified atom stereocenters. The summed E-state index contributed by atoms with van der Waals surface area (Å²) in [7, 11) is 0. The molecule has 0 aromatic heterocycles. The Morgan fingerprint density at radius 1 is 1.00 bits per heavy atom. The zero-order chi connectivity index (χ0) is 18.3. The average Bonchev–Trinajstić information content (AvgIpc) is 2.70. The van der Waals surface area contributed by atoms with Crippen molar-refractivity contribution in [1.82, 2.24) is 9.80 Å². The first-order valence-corrected chi connectivity index (χ1v) is 8.55. The normalized spacial score (nSPS) is 27.2. The summed E-state index contributed by atoms with van der Waals surface area (Å²) in [5, 5.41) is 9.83. The molecule has 2 saturated heterocycles. The molecule has 2 fully saturated rings. The Balaban J connectivity index is 2.16. The van der Waals surface area contributed by atoms with Crippen LogP contribution in [0.25, 0.3) is 0 Å². The van der Waals surface area contributed by atoms with Crippen molar-refractivity contribution >= 4 is 12.2 Å². The Labute approximate surface area is 143 Å². The van der Waals surface area contributed by atoms with Gasteiger partial charge in [0.05, 0.1) is 24.7 Å². The quantitative estimate of drug-likeness (QED) is 0.791. The van der Waals surface area contributed by atoms with Crippen molar-refractivity contribution in [3.8, 4) is 0 Å². The van der Waals surface area contributed by atoms with Crippen molar-refractivity contribution in [1.29, 1.82) is 0 Å². The molecule has 0 radical (unpaired) electrons. The van der Waals surface area contributed by atoms with Gasteiger partial charge in [-0.3, -0.25) is 9.80 Å². The van der Waals surface area contributed by atoms with Crippen molar-refractivity contribution < 1.29 is 24.2 Å². The Hall–Kier alpha value is -1.50. The van der Waals surface area contributed by atoms with Crippen LogP contribution >= 0.6 is 0 Å². The number of fused-ring (bicyclic) bond motifs is 2. The average molecular weight is 342 g/mol. The molecule has 0 aromatic carbocycles. The first kappa shape index (κ1) is 18.8. The lowest BCUT2D eigenvalue weighted by Gasteiger charge is -2.46. The van der Waals surface area contributed by atoms with Crippen LogP contribution in [0.4, 0.5) is 9.59 Å². The molecule has 2 aliphatic rings. The molecule has 2 amide bonds. The van der Waals surface area contributed by atoms with E-state index >= 15 is 0 Å². The number of likely N-dealkylation sites (tertiary alicyclic amines) is 1. The molecule has 1 N–H and O–H groups in total. The molecular weight excluding hydrogens is 312 g/mol. The highest BCUT2D eigenvalue weighted by atomic mass is 16.6. The van der Waals surface area contributed by atoms with Crippen LogP contribution in [0.5, 0.6) is 0 Å². The molecule has 0 spiro atoms. The van der Waals surface area contributed by atoms with E-state index in [1.54, 1.807) is 9.80 Å². The van der Waals surface area contributed by atoms with E-state index in [1.807, 2.05) is 41.5 Å². The topological polar surface area (TPSA) is 79.3 Å². The molecule has 138 valence electrons. The van der Waals surface area contributed by atoms with Crippen molar-refractivity contribution in [3.63, 3.8) is 0 Å². The molecule has 0 saturated carbocycles. The fourth-order valence-corrected chi connectivity index (χ4v) is 3.39. The minimum atomic E-state index is -0.599. The summed E-state index contributed by atoms with van der Waals surface area (Å²) >= 11 is 0. The predicted octanol–water partition coefficient (Wildman–Crippen LogP) is 2.37. The second-order valence-corrected chi connectivity index (χ2v) is 8.57. The second-order valence-electron chi connectivity index (χ2n) is 8.57. The number of amides is 2. The van der Waals surface area contributed by atoms with E-state index in [4.69, 9.17) is 9.47 Å². The standard InChI is InChI=1S/C17H30N2O5/c1-16(2,3)23-14(21)18-9-11-7-8-12(13(18)10-20)19(11)15(22)24-17(4,5)6/h11-13,20H,7-10H2,1-6H3/t11-,12+,13-/m1/s1. The van der Waals surface area contributed by atoms with E-state index in [9.17, 15) is 14.7 Å². The highest BCUT2D eigenvalue weighted by Gasteiger charge is 2.51. The fourth-order valence-electron chi connectivity index (χ4n) is 3.39. The minimum Gasteiger partial charge on any atom is -0.444 e. The van der Waals surface area contributed by atoms with Crippen LogP contribution in [0.3, 0.4) is 0 Å². The van der Waals surface area contributed by atoms with Crippen LogP contribution in [0.2, 0.25) is 0 Å². The number of rotatable bonds is 1. The number of ether oxygens (including phenoxy) is 2. The van der Waals surface area contributed by atoms with E-state index in [-0.39, 0.29) is 24.8 Å². The van der Waals surface area contributed by atoms with E-state index in [2.05, 4.69) is 0 Å². The highest BCUT2D eigenvalue weighted by Crippen LogP contribution is 2.36. The zero-order valence-electron chi connectivity index (χ0n) is 15.5. The highest BCUT2D eigenvalue weighted by molar-refractivity contribution is 5.72.